The van der Waals surface area contributed by atoms with Gasteiger partial charge in [0, 0.05) is 25.2 Å². The summed E-state index contributed by atoms with van der Waals surface area (Å²) in [6, 6.07) is 0.512. The van der Waals surface area contributed by atoms with Gasteiger partial charge in [0.25, 0.3) is 0 Å². The van der Waals surface area contributed by atoms with Crippen LogP contribution in [0, 0.1) is 0 Å². The van der Waals surface area contributed by atoms with Crippen LogP contribution < -0.4 is 5.73 Å². The monoisotopic (exact) mass is 188 g/mol. The Balaban J connectivity index is 2.40. The maximum atomic E-state index is 13.2. The summed E-state index contributed by atoms with van der Waals surface area (Å²) in [6.07, 6.45) is 2.11. The summed E-state index contributed by atoms with van der Waals surface area (Å²) in [5.41, 5.74) is 5.77. The molecule has 0 spiro atoms. The molecule has 1 heterocycles. The summed E-state index contributed by atoms with van der Waals surface area (Å²) < 4.78 is 13.2. The number of hydrogen-bond donors (Lipinski definition) is 1. The maximum Gasteiger partial charge on any atom is 0.114 e. The van der Waals surface area contributed by atoms with Gasteiger partial charge in [0.1, 0.15) is 6.17 Å². The first kappa shape index (κ1) is 10.9. The van der Waals surface area contributed by atoms with Crippen LogP contribution in [-0.4, -0.2) is 36.2 Å². The quantitative estimate of drug-likeness (QED) is 0.728. The second-order valence-corrected chi connectivity index (χ2v) is 4.18. The van der Waals surface area contributed by atoms with Gasteiger partial charge in [-0.15, -0.1) is 0 Å². The van der Waals surface area contributed by atoms with E-state index in [0.717, 1.165) is 19.4 Å². The van der Waals surface area contributed by atoms with Gasteiger partial charge in [0.15, 0.2) is 0 Å². The van der Waals surface area contributed by atoms with Crippen LogP contribution in [0.15, 0.2) is 0 Å². The highest BCUT2D eigenvalue weighted by Gasteiger charge is 2.27. The molecule has 0 aromatic heterocycles. The summed E-state index contributed by atoms with van der Waals surface area (Å²) in [5, 5.41) is 0. The van der Waals surface area contributed by atoms with Gasteiger partial charge >= 0.3 is 0 Å². The van der Waals surface area contributed by atoms with Crippen LogP contribution in [0.4, 0.5) is 4.39 Å². The summed E-state index contributed by atoms with van der Waals surface area (Å²) >= 11 is 0. The lowest BCUT2D eigenvalue weighted by atomic mass is 10.0. The van der Waals surface area contributed by atoms with Crippen molar-refractivity contribution < 1.29 is 4.39 Å². The van der Waals surface area contributed by atoms with Gasteiger partial charge in [-0.2, -0.15) is 0 Å². The van der Waals surface area contributed by atoms with Crippen molar-refractivity contribution in [2.24, 2.45) is 5.73 Å². The first-order valence-corrected chi connectivity index (χ1v) is 5.27. The van der Waals surface area contributed by atoms with Crippen LogP contribution in [-0.2, 0) is 0 Å². The lowest BCUT2D eigenvalue weighted by molar-refractivity contribution is 0.0886. The molecule has 13 heavy (non-hydrogen) atoms. The zero-order valence-electron chi connectivity index (χ0n) is 8.67. The molecule has 3 heteroatoms. The lowest BCUT2D eigenvalue weighted by Crippen LogP contribution is -2.51. The summed E-state index contributed by atoms with van der Waals surface area (Å²) in [5.74, 6) is 0. The minimum atomic E-state index is -0.719. The van der Waals surface area contributed by atoms with Gasteiger partial charge < -0.3 is 5.73 Å². The van der Waals surface area contributed by atoms with Gasteiger partial charge in [-0.05, 0) is 19.8 Å². The number of nitrogens with two attached hydrogens (primary N) is 1. The van der Waals surface area contributed by atoms with Crippen LogP contribution in [0.3, 0.4) is 0 Å². The molecule has 1 aliphatic rings. The number of likely N-dealkylation sites (tertiary alicyclic amines) is 1. The zero-order valence-corrected chi connectivity index (χ0v) is 8.67. The third kappa shape index (κ3) is 3.24. The Morgan fingerprint density at radius 1 is 1.54 bits per heavy atom. The second kappa shape index (κ2) is 4.91. The molecule has 2 unspecified atom stereocenters. The van der Waals surface area contributed by atoms with E-state index >= 15 is 0 Å². The van der Waals surface area contributed by atoms with Crippen LogP contribution >= 0.6 is 0 Å². The molecule has 1 rings (SSSR count). The Kier molecular flexibility index (Phi) is 4.13. The van der Waals surface area contributed by atoms with E-state index in [1.807, 2.05) is 0 Å². The van der Waals surface area contributed by atoms with Crippen LogP contribution in [0.25, 0.3) is 0 Å². The topological polar surface area (TPSA) is 29.3 Å². The zero-order chi connectivity index (χ0) is 9.84. The standard InChI is InChI=1S/C10H21FN2/c1-3-4-8(2)13-6-9(11)5-10(12)7-13/h8-10H,3-7,12H2,1-2H3/t8?,9-,10?/m1/s1. The Bertz CT molecular complexity index is 142. The molecule has 1 aliphatic heterocycles. The van der Waals surface area contributed by atoms with Crippen molar-refractivity contribution in [3.8, 4) is 0 Å². The molecule has 2 nitrogen and oxygen atoms in total. The van der Waals surface area contributed by atoms with Crippen molar-refractivity contribution in [1.29, 1.82) is 0 Å². The van der Waals surface area contributed by atoms with Crippen molar-refractivity contribution in [2.45, 2.75) is 51.4 Å². The number of halogens is 1. The molecular formula is C10H21FN2. The van der Waals surface area contributed by atoms with Crippen LogP contribution in [0.1, 0.15) is 33.1 Å². The molecule has 78 valence electrons. The van der Waals surface area contributed by atoms with Crippen LogP contribution in [0.5, 0.6) is 0 Å². The van der Waals surface area contributed by atoms with Crippen molar-refractivity contribution in [3.05, 3.63) is 0 Å². The molecule has 3 atom stereocenters. The SMILES string of the molecule is CCCC(C)N1CC(N)C[C@@H](F)C1. The minimum Gasteiger partial charge on any atom is -0.326 e. The van der Waals surface area contributed by atoms with E-state index in [2.05, 4.69) is 18.7 Å². The van der Waals surface area contributed by atoms with Crippen LogP contribution in [0.2, 0.25) is 0 Å². The fourth-order valence-electron chi connectivity index (χ4n) is 2.07. The molecule has 2 N–H and O–H groups in total. The summed E-state index contributed by atoms with van der Waals surface area (Å²) in [4.78, 5) is 2.18. The molecule has 0 aromatic rings. The number of hydrogen-bond acceptors (Lipinski definition) is 2. The van der Waals surface area contributed by atoms with Gasteiger partial charge in [-0.3, -0.25) is 4.90 Å². The summed E-state index contributed by atoms with van der Waals surface area (Å²) in [7, 11) is 0. The first-order chi connectivity index (χ1) is 6.13. The van der Waals surface area contributed by atoms with Gasteiger partial charge in [0.2, 0.25) is 0 Å². The predicted molar refractivity (Wildman–Crippen MR) is 53.4 cm³/mol. The third-order valence-corrected chi connectivity index (χ3v) is 2.79. The molecule has 0 radical (unpaired) electrons. The Labute approximate surface area is 80.3 Å². The Hall–Kier alpha value is -0.150. The maximum absolute atomic E-state index is 13.2. The van der Waals surface area contributed by atoms with Crippen molar-refractivity contribution in [2.75, 3.05) is 13.1 Å². The van der Waals surface area contributed by atoms with E-state index < -0.39 is 6.17 Å². The van der Waals surface area contributed by atoms with Gasteiger partial charge in [-0.1, -0.05) is 13.3 Å². The van der Waals surface area contributed by atoms with Crippen molar-refractivity contribution >= 4 is 0 Å². The average molecular weight is 188 g/mol. The van der Waals surface area contributed by atoms with Gasteiger partial charge in [0.05, 0.1) is 0 Å². The van der Waals surface area contributed by atoms with E-state index in [1.165, 1.54) is 0 Å². The number of rotatable bonds is 3. The van der Waals surface area contributed by atoms with Crippen molar-refractivity contribution in [1.82, 2.24) is 4.90 Å². The molecular weight excluding hydrogens is 167 g/mol. The Morgan fingerprint density at radius 2 is 2.23 bits per heavy atom. The predicted octanol–water partition coefficient (Wildman–Crippen LogP) is 1.55. The number of alkyl halides is 1. The largest absolute Gasteiger partial charge is 0.326 e. The minimum absolute atomic E-state index is 0.0306. The molecule has 0 bridgehead atoms. The van der Waals surface area contributed by atoms with E-state index in [4.69, 9.17) is 5.73 Å². The van der Waals surface area contributed by atoms with E-state index in [0.29, 0.717) is 19.0 Å². The number of piperidine rings is 1. The lowest BCUT2D eigenvalue weighted by Gasteiger charge is -2.37. The highest BCUT2D eigenvalue weighted by molar-refractivity contribution is 4.83. The number of nitrogens with zero attached hydrogens (tertiary/aromatic N) is 1. The molecule has 0 saturated carbocycles. The normalized spacial score (nSPS) is 33.2. The van der Waals surface area contributed by atoms with E-state index in [9.17, 15) is 4.39 Å². The third-order valence-electron chi connectivity index (χ3n) is 2.79. The fourth-order valence-corrected chi connectivity index (χ4v) is 2.07. The smallest absolute Gasteiger partial charge is 0.114 e. The first-order valence-electron chi connectivity index (χ1n) is 5.27. The van der Waals surface area contributed by atoms with E-state index in [1.54, 1.807) is 0 Å². The second-order valence-electron chi connectivity index (χ2n) is 4.18. The molecule has 0 aliphatic carbocycles. The summed E-state index contributed by atoms with van der Waals surface area (Å²) in [6.45, 7) is 5.76. The average Bonchev–Trinajstić information content (AvgIpc) is 2.03. The highest BCUT2D eigenvalue weighted by Crippen LogP contribution is 2.16. The molecule has 0 aromatic carbocycles. The fraction of sp³-hybridized carbons (Fsp3) is 1.00. The highest BCUT2D eigenvalue weighted by atomic mass is 19.1. The van der Waals surface area contributed by atoms with Crippen molar-refractivity contribution in [3.63, 3.8) is 0 Å². The molecule has 0 amide bonds. The Morgan fingerprint density at radius 3 is 2.77 bits per heavy atom. The van der Waals surface area contributed by atoms with Gasteiger partial charge in [-0.25, -0.2) is 4.39 Å². The molecule has 1 fully saturated rings. The van der Waals surface area contributed by atoms with E-state index in [-0.39, 0.29) is 6.04 Å². The molecule has 1 saturated heterocycles.